The van der Waals surface area contributed by atoms with Gasteiger partial charge in [0, 0.05) is 10.6 Å². The highest BCUT2D eigenvalue weighted by molar-refractivity contribution is 7.98. The molecule has 96 valence electrons. The zero-order chi connectivity index (χ0) is 13.8. The molecule has 19 heavy (non-hydrogen) atoms. The van der Waals surface area contributed by atoms with Crippen LogP contribution in [0, 0.1) is 28.8 Å². The first-order valence-corrected chi connectivity index (χ1v) is 6.35. The molecule has 0 aliphatic carbocycles. The van der Waals surface area contributed by atoms with Crippen molar-refractivity contribution in [2.75, 3.05) is 0 Å². The zero-order valence-electron chi connectivity index (χ0n) is 9.66. The Kier molecular flexibility index (Phi) is 4.13. The average molecular weight is 279 g/mol. The van der Waals surface area contributed by atoms with E-state index in [4.69, 9.17) is 5.26 Å². The third-order valence-electron chi connectivity index (χ3n) is 2.48. The van der Waals surface area contributed by atoms with E-state index in [2.05, 4.69) is 0 Å². The second kappa shape index (κ2) is 5.81. The maximum atomic E-state index is 13.7. The van der Waals surface area contributed by atoms with E-state index >= 15 is 0 Å². The largest absolute Gasteiger partial charge is 0.205 e. The van der Waals surface area contributed by atoms with Crippen molar-refractivity contribution in [3.05, 3.63) is 65.0 Å². The summed E-state index contributed by atoms with van der Waals surface area (Å²) in [6.45, 7) is 0. The molecule has 0 N–H and O–H groups in total. The number of nitriles is 1. The zero-order valence-corrected chi connectivity index (χ0v) is 10.5. The minimum atomic E-state index is -0.934. The predicted octanol–water partition coefficient (Wildman–Crippen LogP) is 4.27. The van der Waals surface area contributed by atoms with Gasteiger partial charge in [-0.3, -0.25) is 0 Å². The summed E-state index contributed by atoms with van der Waals surface area (Å²) in [6.07, 6.45) is 0. The summed E-state index contributed by atoms with van der Waals surface area (Å²) in [4.78, 5) is 0.501. The normalized spacial score (nSPS) is 10.2. The quantitative estimate of drug-likeness (QED) is 0.783. The van der Waals surface area contributed by atoms with Crippen LogP contribution in [0.15, 0.2) is 41.3 Å². The fraction of sp³-hybridized carbons (Fsp3) is 0.0714. The molecular weight excluding hydrogens is 271 g/mol. The van der Waals surface area contributed by atoms with Crippen LogP contribution in [-0.2, 0) is 5.75 Å². The van der Waals surface area contributed by atoms with E-state index in [9.17, 15) is 13.2 Å². The van der Waals surface area contributed by atoms with Crippen LogP contribution in [-0.4, -0.2) is 0 Å². The molecule has 0 unspecified atom stereocenters. The van der Waals surface area contributed by atoms with Crippen LogP contribution in [0.3, 0.4) is 0 Å². The van der Waals surface area contributed by atoms with Crippen molar-refractivity contribution in [3.63, 3.8) is 0 Å². The molecule has 0 aromatic heterocycles. The lowest BCUT2D eigenvalue weighted by Gasteiger charge is -2.05. The highest BCUT2D eigenvalue weighted by Gasteiger charge is 2.09. The molecule has 0 saturated heterocycles. The minimum absolute atomic E-state index is 0.0246. The molecule has 5 heteroatoms. The van der Waals surface area contributed by atoms with Crippen molar-refractivity contribution >= 4 is 11.8 Å². The smallest absolute Gasteiger partial charge is 0.159 e. The van der Waals surface area contributed by atoms with Crippen LogP contribution < -0.4 is 0 Å². The number of hydrogen-bond acceptors (Lipinski definition) is 2. The Hall–Kier alpha value is -1.93. The van der Waals surface area contributed by atoms with Crippen LogP contribution >= 0.6 is 11.8 Å². The predicted molar refractivity (Wildman–Crippen MR) is 67.0 cm³/mol. The number of rotatable bonds is 3. The van der Waals surface area contributed by atoms with Crippen molar-refractivity contribution in [2.45, 2.75) is 10.6 Å². The second-order valence-electron chi connectivity index (χ2n) is 3.76. The summed E-state index contributed by atoms with van der Waals surface area (Å²) in [7, 11) is 0. The van der Waals surface area contributed by atoms with Gasteiger partial charge in [-0.15, -0.1) is 11.8 Å². The SMILES string of the molecule is N#Cc1cccc(CSc2ccc(F)c(F)c2)c1F. The molecule has 2 aromatic carbocycles. The molecule has 0 amide bonds. The second-order valence-corrected chi connectivity index (χ2v) is 4.80. The molecule has 0 spiro atoms. The standard InChI is InChI=1S/C14H8F3NS/c15-12-5-4-11(6-13(12)16)19-8-10-3-1-2-9(7-18)14(10)17/h1-6H,8H2. The fourth-order valence-corrected chi connectivity index (χ4v) is 2.40. The Morgan fingerprint density at radius 2 is 1.84 bits per heavy atom. The molecule has 1 nitrogen and oxygen atoms in total. The fourth-order valence-electron chi connectivity index (χ4n) is 1.51. The van der Waals surface area contributed by atoms with E-state index in [0.29, 0.717) is 10.5 Å². The van der Waals surface area contributed by atoms with Crippen LogP contribution in [0.1, 0.15) is 11.1 Å². The number of halogens is 3. The average Bonchev–Trinajstić information content (AvgIpc) is 2.41. The van der Waals surface area contributed by atoms with Gasteiger partial charge in [0.05, 0.1) is 5.56 Å². The molecule has 0 fully saturated rings. The maximum Gasteiger partial charge on any atom is 0.159 e. The van der Waals surface area contributed by atoms with Gasteiger partial charge in [0.25, 0.3) is 0 Å². The summed E-state index contributed by atoms with van der Waals surface area (Å²) in [5.74, 6) is -2.18. The maximum absolute atomic E-state index is 13.7. The van der Waals surface area contributed by atoms with E-state index in [0.717, 1.165) is 12.1 Å². The molecule has 0 saturated carbocycles. The van der Waals surface area contributed by atoms with Gasteiger partial charge in [0.15, 0.2) is 11.6 Å². The van der Waals surface area contributed by atoms with Gasteiger partial charge >= 0.3 is 0 Å². The Labute approximate surface area is 112 Å². The van der Waals surface area contributed by atoms with E-state index < -0.39 is 17.5 Å². The van der Waals surface area contributed by atoms with Gasteiger partial charge in [-0.05, 0) is 29.8 Å². The molecule has 0 heterocycles. The summed E-state index contributed by atoms with van der Waals surface area (Å²) < 4.78 is 39.5. The molecule has 0 atom stereocenters. The topological polar surface area (TPSA) is 23.8 Å². The first-order valence-electron chi connectivity index (χ1n) is 5.37. The lowest BCUT2D eigenvalue weighted by Crippen LogP contribution is -1.92. The number of nitrogens with zero attached hydrogens (tertiary/aromatic N) is 1. The molecule has 2 aromatic rings. The lowest BCUT2D eigenvalue weighted by molar-refractivity contribution is 0.506. The highest BCUT2D eigenvalue weighted by Crippen LogP contribution is 2.26. The highest BCUT2D eigenvalue weighted by atomic mass is 32.2. The molecule has 2 rings (SSSR count). The van der Waals surface area contributed by atoms with Gasteiger partial charge < -0.3 is 0 Å². The first kappa shape index (κ1) is 13.5. The van der Waals surface area contributed by atoms with Crippen LogP contribution in [0.5, 0.6) is 0 Å². The van der Waals surface area contributed by atoms with E-state index in [1.165, 1.54) is 23.9 Å². The lowest BCUT2D eigenvalue weighted by atomic mass is 10.1. The van der Waals surface area contributed by atoms with Gasteiger partial charge in [0.2, 0.25) is 0 Å². The molecule has 0 bridgehead atoms. The summed E-state index contributed by atoms with van der Waals surface area (Å²) in [5, 5.41) is 8.71. The Bertz CT molecular complexity index is 650. The Morgan fingerprint density at radius 1 is 1.05 bits per heavy atom. The van der Waals surface area contributed by atoms with Crippen molar-refractivity contribution in [3.8, 4) is 6.07 Å². The van der Waals surface area contributed by atoms with Gasteiger partial charge in [-0.2, -0.15) is 5.26 Å². The third-order valence-corrected chi connectivity index (χ3v) is 3.53. The van der Waals surface area contributed by atoms with Crippen LogP contribution in [0.4, 0.5) is 13.2 Å². The van der Waals surface area contributed by atoms with Gasteiger partial charge in [0.1, 0.15) is 11.9 Å². The first-order chi connectivity index (χ1) is 9.11. The van der Waals surface area contributed by atoms with E-state index in [1.54, 1.807) is 18.2 Å². The minimum Gasteiger partial charge on any atom is -0.205 e. The van der Waals surface area contributed by atoms with Crippen molar-refractivity contribution in [1.82, 2.24) is 0 Å². The van der Waals surface area contributed by atoms with Crippen LogP contribution in [0.25, 0.3) is 0 Å². The van der Waals surface area contributed by atoms with Crippen molar-refractivity contribution in [1.29, 1.82) is 5.26 Å². The third kappa shape index (κ3) is 3.09. The van der Waals surface area contributed by atoms with E-state index in [1.807, 2.05) is 0 Å². The van der Waals surface area contributed by atoms with Gasteiger partial charge in [-0.25, -0.2) is 13.2 Å². The number of thioether (sulfide) groups is 1. The Balaban J connectivity index is 2.15. The van der Waals surface area contributed by atoms with Crippen molar-refractivity contribution in [2.24, 2.45) is 0 Å². The van der Waals surface area contributed by atoms with Crippen molar-refractivity contribution < 1.29 is 13.2 Å². The molecular formula is C14H8F3NS. The molecule has 0 aliphatic rings. The molecule has 0 aliphatic heterocycles. The number of hydrogen-bond donors (Lipinski definition) is 0. The molecule has 0 radical (unpaired) electrons. The van der Waals surface area contributed by atoms with E-state index in [-0.39, 0.29) is 11.3 Å². The summed E-state index contributed by atoms with van der Waals surface area (Å²) in [6, 6.07) is 9.81. The Morgan fingerprint density at radius 3 is 2.53 bits per heavy atom. The summed E-state index contributed by atoms with van der Waals surface area (Å²) in [5.41, 5.74) is 0.331. The van der Waals surface area contributed by atoms with Crippen LogP contribution in [0.2, 0.25) is 0 Å². The van der Waals surface area contributed by atoms with Gasteiger partial charge in [-0.1, -0.05) is 12.1 Å². The monoisotopic (exact) mass is 279 g/mol. The number of benzene rings is 2. The summed E-state index contributed by atoms with van der Waals surface area (Å²) >= 11 is 1.17.